The van der Waals surface area contributed by atoms with E-state index in [1.165, 1.54) is 0 Å². The Balaban J connectivity index is 2.61. The van der Waals surface area contributed by atoms with Crippen LogP contribution in [0.4, 0.5) is 10.1 Å². The van der Waals surface area contributed by atoms with Gasteiger partial charge in [-0.05, 0) is 18.2 Å². The zero-order valence-corrected chi connectivity index (χ0v) is 8.33. The summed E-state index contributed by atoms with van der Waals surface area (Å²) in [6.07, 6.45) is 0. The SMILES string of the molecule is Nc1ccc2nc(Cl)c(OCF)nc2c1. The van der Waals surface area contributed by atoms with Crippen molar-refractivity contribution in [3.63, 3.8) is 0 Å². The quantitative estimate of drug-likeness (QED) is 0.799. The van der Waals surface area contributed by atoms with Gasteiger partial charge in [0.25, 0.3) is 5.88 Å². The largest absolute Gasteiger partial charge is 0.444 e. The molecule has 4 nitrogen and oxygen atoms in total. The Morgan fingerprint density at radius 1 is 1.33 bits per heavy atom. The Morgan fingerprint density at radius 2 is 2.13 bits per heavy atom. The van der Waals surface area contributed by atoms with Crippen molar-refractivity contribution in [3.8, 4) is 5.88 Å². The fourth-order valence-electron chi connectivity index (χ4n) is 1.18. The first-order valence-corrected chi connectivity index (χ1v) is 4.50. The van der Waals surface area contributed by atoms with Crippen LogP contribution in [0.5, 0.6) is 5.88 Å². The number of ether oxygens (including phenoxy) is 1. The number of alkyl halides is 1. The third-order valence-corrected chi connectivity index (χ3v) is 2.05. The van der Waals surface area contributed by atoms with Crippen LogP contribution in [-0.2, 0) is 0 Å². The first-order valence-electron chi connectivity index (χ1n) is 4.12. The lowest BCUT2D eigenvalue weighted by Gasteiger charge is -2.04. The first-order chi connectivity index (χ1) is 7.20. The van der Waals surface area contributed by atoms with Gasteiger partial charge in [-0.3, -0.25) is 0 Å². The summed E-state index contributed by atoms with van der Waals surface area (Å²) in [5, 5.41) is 0.0323. The Bertz CT molecular complexity index is 506. The molecular weight excluding hydrogens is 221 g/mol. The molecule has 0 unspecified atom stereocenters. The predicted molar refractivity (Wildman–Crippen MR) is 55.6 cm³/mol. The van der Waals surface area contributed by atoms with E-state index in [1.54, 1.807) is 18.2 Å². The van der Waals surface area contributed by atoms with Gasteiger partial charge in [-0.1, -0.05) is 11.6 Å². The second-order valence-electron chi connectivity index (χ2n) is 2.82. The van der Waals surface area contributed by atoms with Crippen LogP contribution >= 0.6 is 11.6 Å². The third kappa shape index (κ3) is 1.92. The molecule has 0 bridgehead atoms. The van der Waals surface area contributed by atoms with Crippen molar-refractivity contribution in [2.75, 3.05) is 12.6 Å². The minimum absolute atomic E-state index is 0.0303. The van der Waals surface area contributed by atoms with Crippen LogP contribution < -0.4 is 10.5 Å². The molecule has 1 heterocycles. The number of benzene rings is 1. The summed E-state index contributed by atoms with van der Waals surface area (Å²) in [6, 6.07) is 4.98. The molecule has 15 heavy (non-hydrogen) atoms. The summed E-state index contributed by atoms with van der Waals surface area (Å²) in [5.41, 5.74) is 7.22. The summed E-state index contributed by atoms with van der Waals surface area (Å²) in [4.78, 5) is 7.98. The van der Waals surface area contributed by atoms with Gasteiger partial charge in [0.1, 0.15) is 0 Å². The van der Waals surface area contributed by atoms with Gasteiger partial charge in [0.15, 0.2) is 5.15 Å². The first kappa shape index (κ1) is 9.92. The van der Waals surface area contributed by atoms with E-state index in [9.17, 15) is 4.39 Å². The van der Waals surface area contributed by atoms with Crippen LogP contribution in [0.2, 0.25) is 5.15 Å². The number of fused-ring (bicyclic) bond motifs is 1. The fraction of sp³-hybridized carbons (Fsp3) is 0.111. The zero-order valence-electron chi connectivity index (χ0n) is 7.58. The maximum Gasteiger partial charge on any atom is 0.255 e. The number of anilines is 1. The summed E-state index contributed by atoms with van der Waals surface area (Å²) in [6.45, 7) is -0.998. The molecule has 0 spiro atoms. The molecule has 78 valence electrons. The highest BCUT2D eigenvalue weighted by Gasteiger charge is 2.07. The molecule has 0 saturated carbocycles. The third-order valence-electron chi connectivity index (χ3n) is 1.81. The van der Waals surface area contributed by atoms with E-state index in [0.717, 1.165) is 0 Å². The Morgan fingerprint density at radius 3 is 2.87 bits per heavy atom. The topological polar surface area (TPSA) is 61.0 Å². The molecule has 2 aromatic rings. The van der Waals surface area contributed by atoms with Crippen LogP contribution in [0.25, 0.3) is 11.0 Å². The smallest absolute Gasteiger partial charge is 0.255 e. The van der Waals surface area contributed by atoms with Crippen LogP contribution in [0.3, 0.4) is 0 Å². The van der Waals surface area contributed by atoms with Crippen molar-refractivity contribution >= 4 is 28.3 Å². The summed E-state index contributed by atoms with van der Waals surface area (Å²) < 4.78 is 16.5. The number of hydrogen-bond acceptors (Lipinski definition) is 4. The van der Waals surface area contributed by atoms with Gasteiger partial charge in [-0.15, -0.1) is 0 Å². The van der Waals surface area contributed by atoms with E-state index in [1.807, 2.05) is 0 Å². The van der Waals surface area contributed by atoms with Crippen molar-refractivity contribution in [1.82, 2.24) is 9.97 Å². The van der Waals surface area contributed by atoms with Crippen molar-refractivity contribution in [1.29, 1.82) is 0 Å². The van der Waals surface area contributed by atoms with Gasteiger partial charge in [0, 0.05) is 5.69 Å². The molecule has 0 radical (unpaired) electrons. The second kappa shape index (κ2) is 3.86. The van der Waals surface area contributed by atoms with Gasteiger partial charge < -0.3 is 10.5 Å². The van der Waals surface area contributed by atoms with Crippen molar-refractivity contribution in [3.05, 3.63) is 23.4 Å². The van der Waals surface area contributed by atoms with Crippen LogP contribution in [-0.4, -0.2) is 16.8 Å². The van der Waals surface area contributed by atoms with Crippen molar-refractivity contribution < 1.29 is 9.13 Å². The zero-order chi connectivity index (χ0) is 10.8. The molecule has 2 N–H and O–H groups in total. The minimum Gasteiger partial charge on any atom is -0.444 e. The predicted octanol–water partition coefficient (Wildman–Crippen LogP) is 2.17. The Labute approximate surface area is 89.8 Å². The van der Waals surface area contributed by atoms with E-state index in [0.29, 0.717) is 16.7 Å². The molecule has 0 aliphatic heterocycles. The van der Waals surface area contributed by atoms with Gasteiger partial charge in [0.2, 0.25) is 6.86 Å². The van der Waals surface area contributed by atoms with Crippen LogP contribution in [0.15, 0.2) is 18.2 Å². The standard InChI is InChI=1S/C9H7ClFN3O/c10-8-9(15-4-11)14-7-3-5(12)1-2-6(7)13-8/h1-3H,4,12H2. The molecule has 0 atom stereocenters. The highest BCUT2D eigenvalue weighted by molar-refractivity contribution is 6.31. The number of nitrogen functional groups attached to an aromatic ring is 1. The Kier molecular flexibility index (Phi) is 2.55. The second-order valence-corrected chi connectivity index (χ2v) is 3.18. The highest BCUT2D eigenvalue weighted by Crippen LogP contribution is 2.24. The normalized spacial score (nSPS) is 10.5. The molecule has 0 amide bonds. The van der Waals surface area contributed by atoms with E-state index >= 15 is 0 Å². The molecule has 0 saturated heterocycles. The lowest BCUT2D eigenvalue weighted by Crippen LogP contribution is -1.97. The number of nitrogens with two attached hydrogens (primary N) is 1. The molecule has 2 rings (SSSR count). The number of aromatic nitrogens is 2. The van der Waals surface area contributed by atoms with E-state index in [2.05, 4.69) is 14.7 Å². The van der Waals surface area contributed by atoms with Gasteiger partial charge in [-0.2, -0.15) is 0 Å². The van der Waals surface area contributed by atoms with Gasteiger partial charge in [0.05, 0.1) is 11.0 Å². The lowest BCUT2D eigenvalue weighted by atomic mass is 10.3. The highest BCUT2D eigenvalue weighted by atomic mass is 35.5. The molecule has 0 fully saturated rings. The number of hydrogen-bond donors (Lipinski definition) is 1. The molecule has 1 aromatic carbocycles. The van der Waals surface area contributed by atoms with E-state index in [-0.39, 0.29) is 11.0 Å². The summed E-state index contributed by atoms with van der Waals surface area (Å²) in [5.74, 6) is -0.0303. The maximum absolute atomic E-state index is 12.0. The molecule has 6 heteroatoms. The monoisotopic (exact) mass is 227 g/mol. The Hall–Kier alpha value is -1.62. The van der Waals surface area contributed by atoms with Crippen LogP contribution in [0.1, 0.15) is 0 Å². The molecule has 0 aliphatic carbocycles. The molecule has 0 aliphatic rings. The van der Waals surface area contributed by atoms with E-state index in [4.69, 9.17) is 17.3 Å². The molecule has 1 aromatic heterocycles. The summed E-state index contributed by atoms with van der Waals surface area (Å²) in [7, 11) is 0. The van der Waals surface area contributed by atoms with Gasteiger partial charge >= 0.3 is 0 Å². The average Bonchev–Trinajstić information content (AvgIpc) is 2.20. The lowest BCUT2D eigenvalue weighted by molar-refractivity contribution is 0.185. The van der Waals surface area contributed by atoms with Crippen molar-refractivity contribution in [2.45, 2.75) is 0 Å². The fourth-order valence-corrected chi connectivity index (χ4v) is 1.37. The maximum atomic E-state index is 12.0. The minimum atomic E-state index is -0.998. The van der Waals surface area contributed by atoms with Gasteiger partial charge in [-0.25, -0.2) is 14.4 Å². The van der Waals surface area contributed by atoms with Crippen LogP contribution in [0, 0.1) is 0 Å². The van der Waals surface area contributed by atoms with E-state index < -0.39 is 6.86 Å². The summed E-state index contributed by atoms with van der Waals surface area (Å²) >= 11 is 5.73. The number of rotatable bonds is 2. The van der Waals surface area contributed by atoms with Crippen molar-refractivity contribution in [2.24, 2.45) is 0 Å². The molecular formula is C9H7ClFN3O. The number of nitrogens with zero attached hydrogens (tertiary/aromatic N) is 2. The number of halogens is 2. The average molecular weight is 228 g/mol.